The van der Waals surface area contributed by atoms with E-state index in [1.54, 1.807) is 13.8 Å². The van der Waals surface area contributed by atoms with Gasteiger partial charge in [-0.05, 0) is 43.0 Å². The fourth-order valence-corrected chi connectivity index (χ4v) is 6.09. The molecule has 3 rings (SSSR count). The molecule has 0 fully saturated rings. The molecular formula is C40H56N6O11. The maximum Gasteiger partial charge on any atom is 0.326 e. The molecule has 17 nitrogen and oxygen atoms in total. The van der Waals surface area contributed by atoms with Crippen molar-refractivity contribution in [2.24, 2.45) is 0 Å². The Kier molecular flexibility index (Phi) is 19.6. The summed E-state index contributed by atoms with van der Waals surface area (Å²) in [5.74, 6) is -4.08. The predicted molar refractivity (Wildman–Crippen MR) is 210 cm³/mol. The van der Waals surface area contributed by atoms with Crippen LogP contribution in [0.2, 0.25) is 0 Å². The molecule has 2 aromatic rings. The summed E-state index contributed by atoms with van der Waals surface area (Å²) in [6.07, 6.45) is 2.16. The van der Waals surface area contributed by atoms with E-state index in [9.17, 15) is 33.9 Å². The van der Waals surface area contributed by atoms with Gasteiger partial charge in [-0.2, -0.15) is 0 Å². The highest BCUT2D eigenvalue weighted by molar-refractivity contribution is 5.93. The molecule has 1 aliphatic heterocycles. The van der Waals surface area contributed by atoms with E-state index in [0.29, 0.717) is 51.3 Å². The van der Waals surface area contributed by atoms with Crippen LogP contribution < -0.4 is 16.0 Å². The van der Waals surface area contributed by atoms with E-state index >= 15 is 0 Å². The molecule has 0 aliphatic carbocycles. The number of aryl methyl sites for hydroxylation is 1. The van der Waals surface area contributed by atoms with Gasteiger partial charge < -0.3 is 49.8 Å². The summed E-state index contributed by atoms with van der Waals surface area (Å²) in [5, 5.41) is 17.9. The summed E-state index contributed by atoms with van der Waals surface area (Å²) in [6, 6.07) is 6.60. The molecule has 0 bridgehead atoms. The lowest BCUT2D eigenvalue weighted by Gasteiger charge is -2.26. The maximum atomic E-state index is 13.4. The van der Waals surface area contributed by atoms with Gasteiger partial charge in [0.1, 0.15) is 18.7 Å². The molecule has 0 radical (unpaired) electrons. The molecule has 0 saturated heterocycles. The predicted octanol–water partition coefficient (Wildman–Crippen LogP) is 1.57. The molecule has 4 amide bonds. The van der Waals surface area contributed by atoms with Crippen LogP contribution in [-0.4, -0.2) is 141 Å². The molecule has 312 valence electrons. The van der Waals surface area contributed by atoms with E-state index in [4.69, 9.17) is 23.9 Å². The number of para-hydroxylation sites is 1. The van der Waals surface area contributed by atoms with Crippen molar-refractivity contribution in [3.05, 3.63) is 59.3 Å². The fraction of sp³-hybridized carbons (Fsp3) is 0.525. The Bertz CT molecular complexity index is 1750. The highest BCUT2D eigenvalue weighted by atomic mass is 16.5. The van der Waals surface area contributed by atoms with Gasteiger partial charge in [0, 0.05) is 44.1 Å². The zero-order chi connectivity index (χ0) is 41.7. The van der Waals surface area contributed by atoms with Crippen molar-refractivity contribution in [3.8, 4) is 0 Å². The second kappa shape index (κ2) is 24.3. The molecular weight excluding hydrogens is 740 g/mol. The molecule has 57 heavy (non-hydrogen) atoms. The SMILES string of the molecule is C=C(/C=C1/c2nc3ccccc3c(CC)c2CN1C)C(C)OC(=O)CNC(=O)CN(CCC)C(=O)C(CC(=O)O)NC(=O)CCOCCOCCOCCNC=O. The number of aromatic nitrogens is 1. The van der Waals surface area contributed by atoms with Crippen LogP contribution in [0.4, 0.5) is 0 Å². The molecule has 2 heterocycles. The summed E-state index contributed by atoms with van der Waals surface area (Å²) < 4.78 is 21.5. The number of aliphatic carboxylic acids is 1. The van der Waals surface area contributed by atoms with Gasteiger partial charge >= 0.3 is 11.9 Å². The Morgan fingerprint density at radius 2 is 1.70 bits per heavy atom. The van der Waals surface area contributed by atoms with Crippen LogP contribution in [-0.2, 0) is 60.7 Å². The summed E-state index contributed by atoms with van der Waals surface area (Å²) in [7, 11) is 1.97. The molecule has 17 heteroatoms. The number of carboxylic acids is 1. The number of amides is 4. The maximum absolute atomic E-state index is 13.4. The van der Waals surface area contributed by atoms with Crippen molar-refractivity contribution < 1.29 is 52.8 Å². The quantitative estimate of drug-likeness (QED) is 0.0575. The Balaban J connectivity index is 1.46. The number of carboxylic acid groups (broad SMARTS) is 1. The minimum atomic E-state index is -1.43. The smallest absolute Gasteiger partial charge is 0.326 e. The minimum Gasteiger partial charge on any atom is -0.481 e. The summed E-state index contributed by atoms with van der Waals surface area (Å²) in [4.78, 5) is 81.6. The molecule has 2 unspecified atom stereocenters. The van der Waals surface area contributed by atoms with E-state index in [-0.39, 0.29) is 32.8 Å². The van der Waals surface area contributed by atoms with E-state index in [1.807, 2.05) is 31.3 Å². The van der Waals surface area contributed by atoms with Crippen molar-refractivity contribution in [3.63, 3.8) is 0 Å². The van der Waals surface area contributed by atoms with Gasteiger partial charge in [0.25, 0.3) is 0 Å². The number of pyridine rings is 1. The average molecular weight is 797 g/mol. The lowest BCUT2D eigenvalue weighted by atomic mass is 9.99. The number of nitrogens with zero attached hydrogens (tertiary/aromatic N) is 3. The van der Waals surface area contributed by atoms with Gasteiger partial charge in [-0.25, -0.2) is 4.98 Å². The van der Waals surface area contributed by atoms with Crippen LogP contribution in [0.15, 0.2) is 42.5 Å². The van der Waals surface area contributed by atoms with Gasteiger partial charge in [0.2, 0.25) is 24.1 Å². The van der Waals surface area contributed by atoms with Gasteiger partial charge in [-0.1, -0.05) is 38.6 Å². The normalized spacial score (nSPS) is 13.8. The van der Waals surface area contributed by atoms with Crippen LogP contribution in [0.3, 0.4) is 0 Å². The number of fused-ring (bicyclic) bond motifs is 2. The van der Waals surface area contributed by atoms with Crippen LogP contribution >= 0.6 is 0 Å². The van der Waals surface area contributed by atoms with Crippen molar-refractivity contribution >= 4 is 52.7 Å². The van der Waals surface area contributed by atoms with E-state index in [2.05, 4.69) is 40.4 Å². The molecule has 1 aromatic carbocycles. The molecule has 0 spiro atoms. The van der Waals surface area contributed by atoms with Crippen molar-refractivity contribution in [1.82, 2.24) is 30.7 Å². The van der Waals surface area contributed by atoms with E-state index in [1.165, 1.54) is 5.56 Å². The standard InChI is InChI=1S/C40H56N6O11/c1-6-14-46(40(53)33(22-37(50)51)43-35(48)12-15-54-17-19-56-20-18-55-16-13-41-26-47)25-36(49)42-23-38(52)57-28(4)27(3)21-34-39-31(24-45(34)5)29(7-2)30-10-8-9-11-32(30)44-39/h8-11,21,26,28,33H,3,6-7,12-20,22-25H2,1-2,4-5H3,(H,41,47)(H,42,49)(H,43,48)(H,50,51)/b34-21-. The number of esters is 1. The highest BCUT2D eigenvalue weighted by Gasteiger charge is 2.30. The van der Waals surface area contributed by atoms with Crippen molar-refractivity contribution in [1.29, 1.82) is 0 Å². The molecule has 1 aromatic heterocycles. The Hall–Kier alpha value is -5.39. The minimum absolute atomic E-state index is 0.00291. The van der Waals surface area contributed by atoms with Crippen LogP contribution in [0, 0.1) is 0 Å². The molecule has 2 atom stereocenters. The van der Waals surface area contributed by atoms with Crippen LogP contribution in [0.25, 0.3) is 16.6 Å². The lowest BCUT2D eigenvalue weighted by Crippen LogP contribution is -2.52. The monoisotopic (exact) mass is 796 g/mol. The van der Waals surface area contributed by atoms with E-state index in [0.717, 1.165) is 39.2 Å². The number of carbonyl (C=O) groups excluding carboxylic acids is 5. The zero-order valence-electron chi connectivity index (χ0n) is 33.3. The Labute approximate surface area is 333 Å². The zero-order valence-corrected chi connectivity index (χ0v) is 33.3. The van der Waals surface area contributed by atoms with Crippen molar-refractivity contribution in [2.75, 3.05) is 72.9 Å². The third-order valence-electron chi connectivity index (χ3n) is 8.94. The molecule has 4 N–H and O–H groups in total. The van der Waals surface area contributed by atoms with Gasteiger partial charge in [0.15, 0.2) is 0 Å². The number of nitrogens with one attached hydrogen (secondary N) is 3. The van der Waals surface area contributed by atoms with Gasteiger partial charge in [-0.3, -0.25) is 28.8 Å². The molecule has 1 aliphatic rings. The second-order valence-corrected chi connectivity index (χ2v) is 13.3. The number of hydrogen-bond acceptors (Lipinski definition) is 12. The Morgan fingerprint density at radius 1 is 1.02 bits per heavy atom. The number of hydrogen-bond donors (Lipinski definition) is 4. The topological polar surface area (TPSA) is 215 Å². The first-order valence-corrected chi connectivity index (χ1v) is 19.1. The third kappa shape index (κ3) is 14.9. The highest BCUT2D eigenvalue weighted by Crippen LogP contribution is 2.36. The number of ether oxygens (including phenoxy) is 4. The number of rotatable bonds is 27. The number of carbonyl (C=O) groups is 6. The van der Waals surface area contributed by atoms with Gasteiger partial charge in [-0.15, -0.1) is 0 Å². The largest absolute Gasteiger partial charge is 0.481 e. The van der Waals surface area contributed by atoms with Crippen molar-refractivity contribution in [2.45, 2.75) is 65.1 Å². The first-order valence-electron chi connectivity index (χ1n) is 19.1. The average Bonchev–Trinajstić information content (AvgIpc) is 3.48. The lowest BCUT2D eigenvalue weighted by molar-refractivity contribution is -0.147. The summed E-state index contributed by atoms with van der Waals surface area (Å²) in [5.41, 5.74) is 5.56. The summed E-state index contributed by atoms with van der Waals surface area (Å²) in [6.45, 7) is 11.4. The molecule has 0 saturated carbocycles. The summed E-state index contributed by atoms with van der Waals surface area (Å²) >= 11 is 0. The van der Waals surface area contributed by atoms with Crippen LogP contribution in [0.1, 0.15) is 56.9 Å². The fourth-order valence-electron chi connectivity index (χ4n) is 6.09. The second-order valence-electron chi connectivity index (χ2n) is 13.3. The van der Waals surface area contributed by atoms with Gasteiger partial charge in [0.05, 0.1) is 69.5 Å². The number of benzene rings is 1. The first-order chi connectivity index (χ1) is 27.4. The first kappa shape index (κ1) is 46.0. The van der Waals surface area contributed by atoms with Crippen LogP contribution in [0.5, 0.6) is 0 Å². The Morgan fingerprint density at radius 3 is 2.37 bits per heavy atom. The van der Waals surface area contributed by atoms with E-state index < -0.39 is 61.3 Å². The third-order valence-corrected chi connectivity index (χ3v) is 8.94.